The monoisotopic (exact) mass is 438 g/mol. The van der Waals surface area contributed by atoms with Crippen LogP contribution < -0.4 is 0 Å². The van der Waals surface area contributed by atoms with E-state index in [1.165, 1.54) is 52.8 Å². The molecule has 2 atom stereocenters. The Morgan fingerprint density at radius 2 is 1.67 bits per heavy atom. The maximum atomic E-state index is 13.2. The highest BCUT2D eigenvalue weighted by Gasteiger charge is 2.42. The maximum Gasteiger partial charge on any atom is 0.162 e. The molecule has 4 heteroatoms. The van der Waals surface area contributed by atoms with Crippen LogP contribution in [0.5, 0.6) is 0 Å². The summed E-state index contributed by atoms with van der Waals surface area (Å²) in [5, 5.41) is 1.36. The third-order valence-corrected chi connectivity index (χ3v) is 7.42. The van der Waals surface area contributed by atoms with Gasteiger partial charge < -0.3 is 4.57 Å². The minimum atomic E-state index is -0.304. The number of fused-ring (bicyclic) bond motifs is 6. The highest BCUT2D eigenvalue weighted by atomic mass is 19.1. The molecule has 4 aromatic rings. The lowest BCUT2D eigenvalue weighted by Gasteiger charge is -2.35. The molecule has 0 radical (unpaired) electrons. The standard InChI is InChI=1S/C29H27FN2O/c30-21-14-12-20(13-15-21)28(33)11-6-18-31-23-16-17-26(31)29-24-9-4-5-10-25(24)32(27(29)19-23)22-7-2-1-3-8-22/h1-5,7-10,12-15,23,26H,6,11,16-19H2. The molecule has 0 saturated carbocycles. The minimum Gasteiger partial charge on any atom is -0.313 e. The first-order valence-corrected chi connectivity index (χ1v) is 11.9. The summed E-state index contributed by atoms with van der Waals surface area (Å²) >= 11 is 0. The predicted molar refractivity (Wildman–Crippen MR) is 129 cm³/mol. The minimum absolute atomic E-state index is 0.0979. The Hall–Kier alpha value is -3.24. The zero-order valence-corrected chi connectivity index (χ0v) is 18.6. The molecule has 2 bridgehead atoms. The van der Waals surface area contributed by atoms with Gasteiger partial charge in [-0.1, -0.05) is 36.4 Å². The van der Waals surface area contributed by atoms with Gasteiger partial charge in [-0.05, 0) is 73.8 Å². The molecule has 33 heavy (non-hydrogen) atoms. The summed E-state index contributed by atoms with van der Waals surface area (Å²) < 4.78 is 15.6. The summed E-state index contributed by atoms with van der Waals surface area (Å²) in [6.45, 7) is 0.923. The number of carbonyl (C=O) groups excluding carboxylic acids is 1. The van der Waals surface area contributed by atoms with E-state index in [1.807, 2.05) is 0 Å². The van der Waals surface area contributed by atoms with Crippen molar-refractivity contribution in [2.75, 3.05) is 6.54 Å². The number of aromatic nitrogens is 1. The van der Waals surface area contributed by atoms with Gasteiger partial charge in [-0.15, -0.1) is 0 Å². The van der Waals surface area contributed by atoms with Crippen molar-refractivity contribution in [3.8, 4) is 5.69 Å². The average molecular weight is 439 g/mol. The van der Waals surface area contributed by atoms with Crippen LogP contribution in [0.1, 0.15) is 53.3 Å². The zero-order valence-electron chi connectivity index (χ0n) is 18.6. The van der Waals surface area contributed by atoms with E-state index in [0.717, 1.165) is 19.4 Å². The summed E-state index contributed by atoms with van der Waals surface area (Å²) in [6, 6.07) is 26.3. The first-order valence-electron chi connectivity index (χ1n) is 11.9. The van der Waals surface area contributed by atoms with Gasteiger partial charge in [0.15, 0.2) is 5.78 Å². The van der Waals surface area contributed by atoms with Crippen LogP contribution in [-0.4, -0.2) is 27.8 Å². The van der Waals surface area contributed by atoms with Crippen molar-refractivity contribution in [1.82, 2.24) is 9.47 Å². The SMILES string of the molecule is O=C(CCCN1C2CCC1c1c(n(-c3ccccc3)c3ccccc13)C2)c1ccc(F)cc1. The molecular formula is C29H27FN2O. The number of carbonyl (C=O) groups is 1. The van der Waals surface area contributed by atoms with Crippen molar-refractivity contribution >= 4 is 16.7 Å². The van der Waals surface area contributed by atoms with Crippen molar-refractivity contribution in [3.63, 3.8) is 0 Å². The summed E-state index contributed by atoms with van der Waals surface area (Å²) in [5.74, 6) is -0.206. The van der Waals surface area contributed by atoms with E-state index in [2.05, 4.69) is 64.1 Å². The van der Waals surface area contributed by atoms with Crippen molar-refractivity contribution < 1.29 is 9.18 Å². The van der Waals surface area contributed by atoms with Crippen molar-refractivity contribution in [3.05, 3.63) is 102 Å². The fraction of sp³-hybridized carbons (Fsp3) is 0.276. The summed E-state index contributed by atoms with van der Waals surface area (Å²) in [7, 11) is 0. The highest BCUT2D eigenvalue weighted by Crippen LogP contribution is 2.48. The van der Waals surface area contributed by atoms with Gasteiger partial charge in [-0.2, -0.15) is 0 Å². The van der Waals surface area contributed by atoms with E-state index >= 15 is 0 Å². The van der Waals surface area contributed by atoms with Crippen molar-refractivity contribution in [1.29, 1.82) is 0 Å². The van der Waals surface area contributed by atoms with Gasteiger partial charge >= 0.3 is 0 Å². The van der Waals surface area contributed by atoms with E-state index in [-0.39, 0.29) is 11.6 Å². The largest absolute Gasteiger partial charge is 0.313 e. The molecule has 2 aliphatic heterocycles. The zero-order chi connectivity index (χ0) is 22.4. The second-order valence-corrected chi connectivity index (χ2v) is 9.27. The van der Waals surface area contributed by atoms with Crippen LogP contribution in [-0.2, 0) is 6.42 Å². The second-order valence-electron chi connectivity index (χ2n) is 9.27. The van der Waals surface area contributed by atoms with Crippen LogP contribution in [0, 0.1) is 5.82 Å². The van der Waals surface area contributed by atoms with Crippen LogP contribution >= 0.6 is 0 Å². The number of ketones is 1. The maximum absolute atomic E-state index is 13.2. The Kier molecular flexibility index (Phi) is 5.11. The van der Waals surface area contributed by atoms with Gasteiger partial charge in [0, 0.05) is 47.3 Å². The molecule has 3 heterocycles. The summed E-state index contributed by atoms with van der Waals surface area (Å²) in [4.78, 5) is 15.2. The Labute approximate surface area is 193 Å². The number of benzene rings is 3. The molecule has 3 aromatic carbocycles. The molecule has 1 fully saturated rings. The van der Waals surface area contributed by atoms with E-state index < -0.39 is 0 Å². The fourth-order valence-corrected chi connectivity index (χ4v) is 5.99. The molecule has 0 amide bonds. The second kappa shape index (κ2) is 8.27. The smallest absolute Gasteiger partial charge is 0.162 e. The molecule has 1 aromatic heterocycles. The van der Waals surface area contributed by atoms with Crippen LogP contribution in [0.4, 0.5) is 4.39 Å². The number of para-hydroxylation sites is 2. The molecule has 0 N–H and O–H groups in total. The molecular weight excluding hydrogens is 411 g/mol. The molecule has 0 spiro atoms. The molecule has 2 aliphatic rings. The lowest BCUT2D eigenvalue weighted by atomic mass is 9.96. The lowest BCUT2D eigenvalue weighted by Crippen LogP contribution is -2.38. The van der Waals surface area contributed by atoms with E-state index in [9.17, 15) is 9.18 Å². The van der Waals surface area contributed by atoms with E-state index in [4.69, 9.17) is 0 Å². The van der Waals surface area contributed by atoms with Gasteiger partial charge in [0.05, 0.1) is 5.52 Å². The van der Waals surface area contributed by atoms with E-state index in [1.54, 1.807) is 12.1 Å². The van der Waals surface area contributed by atoms with Gasteiger partial charge in [0.2, 0.25) is 0 Å². The molecule has 166 valence electrons. The van der Waals surface area contributed by atoms with Gasteiger partial charge in [-0.25, -0.2) is 4.39 Å². The third-order valence-electron chi connectivity index (χ3n) is 7.42. The third kappa shape index (κ3) is 3.50. The normalized spacial score (nSPS) is 19.7. The first-order chi connectivity index (χ1) is 16.2. The highest BCUT2D eigenvalue weighted by molar-refractivity contribution is 5.96. The van der Waals surface area contributed by atoms with Gasteiger partial charge in [0.1, 0.15) is 5.82 Å². The Bertz CT molecular complexity index is 1310. The Morgan fingerprint density at radius 3 is 2.48 bits per heavy atom. The number of nitrogens with zero attached hydrogens (tertiary/aromatic N) is 2. The number of rotatable bonds is 6. The topological polar surface area (TPSA) is 25.2 Å². The molecule has 2 unspecified atom stereocenters. The average Bonchev–Trinajstić information content (AvgIpc) is 3.32. The molecule has 0 aliphatic carbocycles. The van der Waals surface area contributed by atoms with Crippen molar-refractivity contribution in [2.24, 2.45) is 0 Å². The lowest BCUT2D eigenvalue weighted by molar-refractivity contribution is 0.0966. The van der Waals surface area contributed by atoms with Gasteiger partial charge in [-0.3, -0.25) is 9.69 Å². The Morgan fingerprint density at radius 1 is 0.909 bits per heavy atom. The quantitative estimate of drug-likeness (QED) is 0.321. The molecule has 1 saturated heterocycles. The van der Waals surface area contributed by atoms with Crippen molar-refractivity contribution in [2.45, 2.75) is 44.2 Å². The predicted octanol–water partition coefficient (Wildman–Crippen LogP) is 6.49. The number of Topliss-reactive ketones (excluding diaryl/α,β-unsaturated/α-hetero) is 1. The number of halogens is 1. The van der Waals surface area contributed by atoms with E-state index in [0.29, 0.717) is 24.1 Å². The molecule has 6 rings (SSSR count). The number of hydrogen-bond acceptors (Lipinski definition) is 2. The summed E-state index contributed by atoms with van der Waals surface area (Å²) in [5.41, 5.74) is 6.05. The Balaban J connectivity index is 1.27. The molecule has 3 nitrogen and oxygen atoms in total. The van der Waals surface area contributed by atoms with Gasteiger partial charge in [0.25, 0.3) is 0 Å². The fourth-order valence-electron chi connectivity index (χ4n) is 5.99. The van der Waals surface area contributed by atoms with Crippen LogP contribution in [0.15, 0.2) is 78.9 Å². The summed E-state index contributed by atoms with van der Waals surface area (Å²) in [6.07, 6.45) is 4.75. The number of hydrogen-bond donors (Lipinski definition) is 0. The van der Waals surface area contributed by atoms with Crippen LogP contribution in [0.25, 0.3) is 16.6 Å². The van der Waals surface area contributed by atoms with Crippen LogP contribution in [0.2, 0.25) is 0 Å². The van der Waals surface area contributed by atoms with Crippen LogP contribution in [0.3, 0.4) is 0 Å². The first kappa shape index (κ1) is 20.4.